The van der Waals surface area contributed by atoms with Gasteiger partial charge in [0.1, 0.15) is 12.4 Å². The first-order chi connectivity index (χ1) is 14.4. The van der Waals surface area contributed by atoms with Crippen molar-refractivity contribution < 1.29 is 17.6 Å². The van der Waals surface area contributed by atoms with Crippen molar-refractivity contribution in [2.75, 3.05) is 10.8 Å². The van der Waals surface area contributed by atoms with E-state index < -0.39 is 22.5 Å². The lowest BCUT2D eigenvalue weighted by Crippen LogP contribution is -2.39. The maximum absolute atomic E-state index is 13.1. The van der Waals surface area contributed by atoms with Crippen LogP contribution >= 0.6 is 11.6 Å². The van der Waals surface area contributed by atoms with Crippen LogP contribution in [0.2, 0.25) is 5.02 Å². The predicted octanol–water partition coefficient (Wildman–Crippen LogP) is 3.82. The van der Waals surface area contributed by atoms with Gasteiger partial charge in [0.05, 0.1) is 16.8 Å². The number of carbonyl (C=O) groups is 1. The van der Waals surface area contributed by atoms with Gasteiger partial charge in [-0.25, -0.2) is 18.2 Å². The van der Waals surface area contributed by atoms with Crippen LogP contribution in [0, 0.1) is 5.82 Å². The molecule has 3 aromatic rings. The maximum Gasteiger partial charge on any atom is 0.264 e. The van der Waals surface area contributed by atoms with Crippen LogP contribution < -0.4 is 9.73 Å². The summed E-state index contributed by atoms with van der Waals surface area (Å²) >= 11 is 6.01. The molecule has 9 heteroatoms. The van der Waals surface area contributed by atoms with Crippen molar-refractivity contribution in [2.45, 2.75) is 4.90 Å². The first-order valence-corrected chi connectivity index (χ1v) is 10.6. The largest absolute Gasteiger partial charge is 0.271 e. The van der Waals surface area contributed by atoms with Gasteiger partial charge in [-0.2, -0.15) is 5.10 Å². The maximum atomic E-state index is 13.1. The molecular weight excluding hydrogens is 429 g/mol. The molecule has 6 nitrogen and oxygen atoms in total. The zero-order valence-electron chi connectivity index (χ0n) is 15.6. The highest BCUT2D eigenvalue weighted by atomic mass is 35.5. The molecule has 0 aliphatic heterocycles. The molecule has 0 atom stereocenters. The molecule has 0 aliphatic carbocycles. The molecule has 0 radical (unpaired) electrons. The van der Waals surface area contributed by atoms with Gasteiger partial charge in [-0.3, -0.25) is 9.10 Å². The lowest BCUT2D eigenvalue weighted by Gasteiger charge is -2.23. The van der Waals surface area contributed by atoms with Crippen molar-refractivity contribution in [3.05, 3.63) is 95.3 Å². The average molecular weight is 446 g/mol. The Morgan fingerprint density at radius 1 is 1.03 bits per heavy atom. The second-order valence-electron chi connectivity index (χ2n) is 6.15. The summed E-state index contributed by atoms with van der Waals surface area (Å²) in [6, 6.07) is 19.5. The molecule has 0 aromatic heterocycles. The zero-order valence-corrected chi connectivity index (χ0v) is 17.1. The average Bonchev–Trinajstić information content (AvgIpc) is 2.74. The summed E-state index contributed by atoms with van der Waals surface area (Å²) in [6.07, 6.45) is 1.33. The molecule has 1 amide bonds. The molecule has 0 heterocycles. The van der Waals surface area contributed by atoms with Crippen molar-refractivity contribution in [3.63, 3.8) is 0 Å². The normalized spacial score (nSPS) is 11.4. The minimum Gasteiger partial charge on any atom is -0.271 e. The summed E-state index contributed by atoms with van der Waals surface area (Å²) in [5, 5.41) is 4.12. The van der Waals surface area contributed by atoms with Gasteiger partial charge in [-0.1, -0.05) is 48.0 Å². The topological polar surface area (TPSA) is 78.8 Å². The van der Waals surface area contributed by atoms with Gasteiger partial charge in [0.25, 0.3) is 15.9 Å². The fourth-order valence-electron chi connectivity index (χ4n) is 2.56. The smallest absolute Gasteiger partial charge is 0.264 e. The number of sulfonamides is 1. The molecule has 0 spiro atoms. The fourth-order valence-corrected chi connectivity index (χ4v) is 4.18. The van der Waals surface area contributed by atoms with E-state index in [4.69, 9.17) is 11.6 Å². The molecule has 0 aliphatic rings. The number of hydrazone groups is 1. The van der Waals surface area contributed by atoms with Crippen LogP contribution in [0.15, 0.2) is 88.9 Å². The van der Waals surface area contributed by atoms with Crippen LogP contribution in [0.5, 0.6) is 0 Å². The summed E-state index contributed by atoms with van der Waals surface area (Å²) in [5.74, 6) is -1.05. The van der Waals surface area contributed by atoms with Crippen LogP contribution in [0.25, 0.3) is 0 Å². The number of carbonyl (C=O) groups excluding carboxylic acids is 1. The highest BCUT2D eigenvalue weighted by Gasteiger charge is 2.27. The third-order valence-corrected chi connectivity index (χ3v) is 6.01. The third kappa shape index (κ3) is 5.43. The number of nitrogens with one attached hydrogen (secondary N) is 1. The van der Waals surface area contributed by atoms with Gasteiger partial charge in [0.15, 0.2) is 0 Å². The highest BCUT2D eigenvalue weighted by Crippen LogP contribution is 2.25. The molecule has 0 unspecified atom stereocenters. The number of amides is 1. The Morgan fingerprint density at radius 2 is 1.73 bits per heavy atom. The van der Waals surface area contributed by atoms with Crippen LogP contribution in [0.1, 0.15) is 5.56 Å². The molecule has 0 bridgehead atoms. The number of hydrogen-bond acceptors (Lipinski definition) is 4. The van der Waals surface area contributed by atoms with Crippen molar-refractivity contribution in [1.29, 1.82) is 0 Å². The second kappa shape index (κ2) is 9.51. The molecule has 3 rings (SSSR count). The predicted molar refractivity (Wildman–Crippen MR) is 115 cm³/mol. The van der Waals surface area contributed by atoms with E-state index >= 15 is 0 Å². The molecular formula is C21H17ClFN3O3S. The summed E-state index contributed by atoms with van der Waals surface area (Å²) in [5.41, 5.74) is 3.09. The van der Waals surface area contributed by atoms with Crippen LogP contribution in [-0.2, 0) is 14.8 Å². The third-order valence-electron chi connectivity index (χ3n) is 3.99. The number of anilines is 1. The minimum absolute atomic E-state index is 0.0348. The Balaban J connectivity index is 1.82. The quantitative estimate of drug-likeness (QED) is 0.443. The fraction of sp³-hybridized carbons (Fsp3) is 0.0476. The minimum atomic E-state index is -4.03. The van der Waals surface area contributed by atoms with E-state index in [9.17, 15) is 17.6 Å². The number of hydrogen-bond donors (Lipinski definition) is 1. The summed E-state index contributed by atoms with van der Waals surface area (Å²) in [6.45, 7) is -0.516. The number of halogens is 2. The van der Waals surface area contributed by atoms with Crippen LogP contribution in [0.3, 0.4) is 0 Å². The lowest BCUT2D eigenvalue weighted by atomic mass is 10.2. The number of nitrogens with zero attached hydrogens (tertiary/aromatic N) is 2. The first-order valence-electron chi connectivity index (χ1n) is 8.77. The van der Waals surface area contributed by atoms with E-state index in [1.54, 1.807) is 36.4 Å². The van der Waals surface area contributed by atoms with E-state index in [0.717, 1.165) is 4.31 Å². The van der Waals surface area contributed by atoms with Gasteiger partial charge in [0.2, 0.25) is 0 Å². The standard InChI is InChI=1S/C21H17ClFN3O3S/c22-17-5-4-6-19(13-17)26(30(28,29)20-7-2-1-3-8-20)15-21(27)25-24-14-16-9-11-18(23)12-10-16/h1-14H,15H2,(H,25,27)/b24-14+. The monoisotopic (exact) mass is 445 g/mol. The van der Waals surface area contributed by atoms with Gasteiger partial charge in [-0.05, 0) is 48.0 Å². The van der Waals surface area contributed by atoms with E-state index in [1.165, 1.54) is 48.7 Å². The van der Waals surface area contributed by atoms with Gasteiger partial charge >= 0.3 is 0 Å². The number of rotatable bonds is 7. The van der Waals surface area contributed by atoms with Crippen molar-refractivity contribution >= 4 is 39.4 Å². The molecule has 0 fully saturated rings. The van der Waals surface area contributed by atoms with Gasteiger partial charge in [0, 0.05) is 5.02 Å². The van der Waals surface area contributed by atoms with Crippen molar-refractivity contribution in [3.8, 4) is 0 Å². The Labute approximate surface area is 178 Å². The molecule has 154 valence electrons. The first kappa shape index (κ1) is 21.5. The number of benzene rings is 3. The SMILES string of the molecule is O=C(CN(c1cccc(Cl)c1)S(=O)(=O)c1ccccc1)N/N=C/c1ccc(F)cc1. The summed E-state index contributed by atoms with van der Waals surface area (Å²) in [4.78, 5) is 12.4. The Kier molecular flexibility index (Phi) is 6.81. The highest BCUT2D eigenvalue weighted by molar-refractivity contribution is 7.92. The molecule has 0 saturated carbocycles. The van der Waals surface area contributed by atoms with E-state index in [0.29, 0.717) is 10.6 Å². The molecule has 3 aromatic carbocycles. The lowest BCUT2D eigenvalue weighted by molar-refractivity contribution is -0.119. The van der Waals surface area contributed by atoms with Crippen LogP contribution in [-0.4, -0.2) is 27.1 Å². The van der Waals surface area contributed by atoms with Gasteiger partial charge < -0.3 is 0 Å². The summed E-state index contributed by atoms with van der Waals surface area (Å²) < 4.78 is 40.2. The van der Waals surface area contributed by atoms with E-state index in [-0.39, 0.29) is 16.4 Å². The van der Waals surface area contributed by atoms with Crippen molar-refractivity contribution in [1.82, 2.24) is 5.43 Å². The van der Waals surface area contributed by atoms with Crippen LogP contribution in [0.4, 0.5) is 10.1 Å². The van der Waals surface area contributed by atoms with Crippen molar-refractivity contribution in [2.24, 2.45) is 5.10 Å². The molecule has 0 saturated heterocycles. The van der Waals surface area contributed by atoms with Gasteiger partial charge in [-0.15, -0.1) is 0 Å². The Bertz CT molecular complexity index is 1150. The molecule has 30 heavy (non-hydrogen) atoms. The summed E-state index contributed by atoms with van der Waals surface area (Å²) in [7, 11) is -4.03. The second-order valence-corrected chi connectivity index (χ2v) is 8.45. The van der Waals surface area contributed by atoms with E-state index in [2.05, 4.69) is 10.5 Å². The zero-order chi connectivity index (χ0) is 21.6. The molecule has 1 N–H and O–H groups in total. The van der Waals surface area contributed by atoms with E-state index in [1.807, 2.05) is 0 Å². The Morgan fingerprint density at radius 3 is 2.40 bits per heavy atom. The Hall–Kier alpha value is -3.23.